The third kappa shape index (κ3) is 4.60. The van der Waals surface area contributed by atoms with Crippen LogP contribution >= 0.6 is 0 Å². The van der Waals surface area contributed by atoms with Crippen molar-refractivity contribution in [2.24, 2.45) is 11.8 Å². The maximum absolute atomic E-state index is 14.6. The van der Waals surface area contributed by atoms with Crippen molar-refractivity contribution in [1.29, 1.82) is 0 Å². The van der Waals surface area contributed by atoms with Crippen LogP contribution in [0.5, 0.6) is 0 Å². The van der Waals surface area contributed by atoms with Gasteiger partial charge in [-0.3, -0.25) is 14.4 Å². The monoisotopic (exact) mass is 496 g/mol. The van der Waals surface area contributed by atoms with Gasteiger partial charge in [-0.15, -0.1) is 0 Å². The summed E-state index contributed by atoms with van der Waals surface area (Å²) in [6, 6.07) is 7.71. The first-order valence-electron chi connectivity index (χ1n) is 12.3. The highest BCUT2D eigenvalue weighted by Crippen LogP contribution is 2.49. The second-order valence-corrected chi connectivity index (χ2v) is 9.65. The molecule has 0 aliphatic carbocycles. The molecule has 0 saturated carbocycles. The van der Waals surface area contributed by atoms with Crippen molar-refractivity contribution in [3.8, 4) is 0 Å². The maximum atomic E-state index is 14.6. The fourth-order valence-electron chi connectivity index (χ4n) is 5.51. The molecule has 0 spiro atoms. The molecule has 2 amide bonds. The lowest BCUT2D eigenvalue weighted by Gasteiger charge is -2.38. The molecule has 4 rings (SSSR count). The van der Waals surface area contributed by atoms with E-state index in [1.54, 1.807) is 34.9 Å². The molecule has 2 aliphatic heterocycles. The van der Waals surface area contributed by atoms with Crippen LogP contribution in [0.15, 0.2) is 47.3 Å². The van der Waals surface area contributed by atoms with Crippen LogP contribution < -0.4 is 10.9 Å². The summed E-state index contributed by atoms with van der Waals surface area (Å²) in [7, 11) is 3.90. The van der Waals surface area contributed by atoms with Gasteiger partial charge in [-0.2, -0.15) is 0 Å². The first-order chi connectivity index (χ1) is 17.3. The molecule has 2 aromatic rings. The average Bonchev–Trinajstić information content (AvgIpc) is 3.10. The number of aliphatic hydroxyl groups excluding tert-OH is 1. The molecule has 1 fully saturated rings. The molecular formula is C27H33FN4O4. The van der Waals surface area contributed by atoms with E-state index in [0.717, 1.165) is 13.0 Å². The SMILES string of the molecule is C/C=C/c1ccc2n(c1=O)C[C@@H]1[C@@H](CO)[C@H](C(=O)NCCCN(C)C)[C@H]2N1C(=O)c1ccccc1F. The van der Waals surface area contributed by atoms with Crippen molar-refractivity contribution in [3.63, 3.8) is 0 Å². The minimum atomic E-state index is -0.811. The zero-order valence-corrected chi connectivity index (χ0v) is 20.9. The number of pyridine rings is 1. The Morgan fingerprint density at radius 3 is 2.64 bits per heavy atom. The summed E-state index contributed by atoms with van der Waals surface area (Å²) < 4.78 is 16.2. The molecule has 8 nitrogen and oxygen atoms in total. The van der Waals surface area contributed by atoms with Crippen LogP contribution in [0.4, 0.5) is 4.39 Å². The Bertz CT molecular complexity index is 1220. The predicted octanol–water partition coefficient (Wildman–Crippen LogP) is 1.89. The van der Waals surface area contributed by atoms with Gasteiger partial charge in [-0.05, 0) is 58.3 Å². The largest absolute Gasteiger partial charge is 0.396 e. The van der Waals surface area contributed by atoms with E-state index >= 15 is 0 Å². The van der Waals surface area contributed by atoms with E-state index in [9.17, 15) is 23.9 Å². The molecule has 192 valence electrons. The Labute approximate surface area is 210 Å². The van der Waals surface area contributed by atoms with Crippen LogP contribution in [0, 0.1) is 17.7 Å². The third-order valence-corrected chi connectivity index (χ3v) is 7.14. The lowest BCUT2D eigenvalue weighted by atomic mass is 9.86. The highest BCUT2D eigenvalue weighted by molar-refractivity contribution is 5.96. The maximum Gasteiger partial charge on any atom is 0.258 e. The second kappa shape index (κ2) is 10.8. The molecule has 1 aromatic heterocycles. The van der Waals surface area contributed by atoms with Gasteiger partial charge in [-0.25, -0.2) is 4.39 Å². The highest BCUT2D eigenvalue weighted by atomic mass is 19.1. The fourth-order valence-corrected chi connectivity index (χ4v) is 5.51. The zero-order valence-electron chi connectivity index (χ0n) is 20.9. The van der Waals surface area contributed by atoms with Crippen molar-refractivity contribution >= 4 is 17.9 Å². The van der Waals surface area contributed by atoms with Crippen LogP contribution in [0.2, 0.25) is 0 Å². The number of carbonyl (C=O) groups is 2. The van der Waals surface area contributed by atoms with E-state index in [1.807, 2.05) is 25.9 Å². The zero-order chi connectivity index (χ0) is 26.0. The molecule has 2 N–H and O–H groups in total. The van der Waals surface area contributed by atoms with Crippen LogP contribution in [-0.2, 0) is 11.3 Å². The molecule has 2 bridgehead atoms. The van der Waals surface area contributed by atoms with Gasteiger partial charge in [0.1, 0.15) is 5.82 Å². The number of fused-ring (bicyclic) bond motifs is 4. The summed E-state index contributed by atoms with van der Waals surface area (Å²) in [6.07, 6.45) is 4.23. The summed E-state index contributed by atoms with van der Waals surface area (Å²) in [5, 5.41) is 13.3. The Morgan fingerprint density at radius 2 is 1.97 bits per heavy atom. The number of nitrogens with zero attached hydrogens (tertiary/aromatic N) is 3. The molecule has 0 radical (unpaired) electrons. The fraction of sp³-hybridized carbons (Fsp3) is 0.444. The van der Waals surface area contributed by atoms with Crippen molar-refractivity contribution < 1.29 is 19.1 Å². The quantitative estimate of drug-likeness (QED) is 0.545. The number of rotatable bonds is 8. The van der Waals surface area contributed by atoms with Crippen LogP contribution in [0.3, 0.4) is 0 Å². The standard InChI is InChI=1S/C27H33FN4O4/c1-4-8-17-11-12-21-24-23(25(34)29-13-7-14-30(2)3)19(16-33)22(15-31(21)26(17)35)32(24)27(36)18-9-5-6-10-20(18)28/h4-6,8-12,19,22-24,33H,7,13-16H2,1-3H3,(H,29,34)/b8-4+/t19-,22-,23+,24+/m1/s1. The number of allylic oxidation sites excluding steroid dienone is 1. The van der Waals surface area contributed by atoms with Gasteiger partial charge in [0.05, 0.1) is 23.6 Å². The average molecular weight is 497 g/mol. The lowest BCUT2D eigenvalue weighted by molar-refractivity contribution is -0.127. The molecule has 0 unspecified atom stereocenters. The topological polar surface area (TPSA) is 94.9 Å². The van der Waals surface area contributed by atoms with Crippen molar-refractivity contribution in [2.45, 2.75) is 32.0 Å². The van der Waals surface area contributed by atoms with Crippen molar-refractivity contribution in [1.82, 2.24) is 19.7 Å². The number of aliphatic hydroxyl groups is 1. The van der Waals surface area contributed by atoms with E-state index in [1.165, 1.54) is 23.1 Å². The summed E-state index contributed by atoms with van der Waals surface area (Å²) in [5.74, 6) is -2.89. The van der Waals surface area contributed by atoms with Crippen LogP contribution in [0.25, 0.3) is 6.08 Å². The minimum Gasteiger partial charge on any atom is -0.396 e. The molecule has 3 heterocycles. The predicted molar refractivity (Wildman–Crippen MR) is 135 cm³/mol. The third-order valence-electron chi connectivity index (χ3n) is 7.14. The Morgan fingerprint density at radius 1 is 1.22 bits per heavy atom. The Balaban J connectivity index is 1.78. The number of nitrogens with one attached hydrogen (secondary N) is 1. The van der Waals surface area contributed by atoms with Gasteiger partial charge in [0.15, 0.2) is 0 Å². The minimum absolute atomic E-state index is 0.0995. The molecule has 4 atom stereocenters. The van der Waals surface area contributed by atoms with Crippen molar-refractivity contribution in [3.05, 3.63) is 75.5 Å². The summed E-state index contributed by atoms with van der Waals surface area (Å²) >= 11 is 0. The highest BCUT2D eigenvalue weighted by Gasteiger charge is 2.57. The summed E-state index contributed by atoms with van der Waals surface area (Å²) in [5.41, 5.74) is 0.693. The number of amides is 2. The number of aromatic nitrogens is 1. The number of halogens is 1. The Hall–Kier alpha value is -3.30. The van der Waals surface area contributed by atoms with E-state index in [4.69, 9.17) is 0 Å². The molecule has 1 saturated heterocycles. The molecule has 2 aliphatic rings. The number of carbonyl (C=O) groups excluding carboxylic acids is 2. The van der Waals surface area contributed by atoms with Crippen LogP contribution in [-0.4, -0.2) is 71.1 Å². The summed E-state index contributed by atoms with van der Waals surface area (Å²) in [6.45, 7) is 2.83. The first kappa shape index (κ1) is 25.8. The second-order valence-electron chi connectivity index (χ2n) is 9.65. The number of benzene rings is 1. The Kier molecular flexibility index (Phi) is 7.70. The van der Waals surface area contributed by atoms with E-state index < -0.39 is 35.6 Å². The van der Waals surface area contributed by atoms with Crippen molar-refractivity contribution in [2.75, 3.05) is 33.8 Å². The van der Waals surface area contributed by atoms with Gasteiger partial charge in [0, 0.05) is 36.9 Å². The van der Waals surface area contributed by atoms with E-state index in [2.05, 4.69) is 5.32 Å². The van der Waals surface area contributed by atoms with Crippen LogP contribution in [0.1, 0.15) is 41.0 Å². The van der Waals surface area contributed by atoms with Gasteiger partial charge in [0.25, 0.3) is 11.5 Å². The molecule has 9 heteroatoms. The smallest absolute Gasteiger partial charge is 0.258 e. The number of hydrogen-bond donors (Lipinski definition) is 2. The summed E-state index contributed by atoms with van der Waals surface area (Å²) in [4.78, 5) is 43.9. The molecule has 1 aromatic carbocycles. The van der Waals surface area contributed by atoms with Gasteiger partial charge < -0.3 is 24.8 Å². The van der Waals surface area contributed by atoms with Gasteiger partial charge in [0.2, 0.25) is 5.91 Å². The lowest BCUT2D eigenvalue weighted by Crippen LogP contribution is -2.49. The van der Waals surface area contributed by atoms with E-state index in [-0.39, 0.29) is 30.2 Å². The normalized spacial score (nSPS) is 22.8. The van der Waals surface area contributed by atoms with Gasteiger partial charge >= 0.3 is 0 Å². The molecular weight excluding hydrogens is 463 g/mol. The first-order valence-corrected chi connectivity index (χ1v) is 12.3. The molecule has 36 heavy (non-hydrogen) atoms. The van der Waals surface area contributed by atoms with E-state index in [0.29, 0.717) is 17.8 Å². The van der Waals surface area contributed by atoms with Gasteiger partial charge in [-0.1, -0.05) is 24.3 Å². The number of hydrogen-bond acceptors (Lipinski definition) is 5.